The fraction of sp³-hybridized carbons (Fsp3) is 0.875. The summed E-state index contributed by atoms with van der Waals surface area (Å²) in [7, 11) is 0. The standard InChI is InChI=1S/C23H42O.C21H42O.2C2H6/c1-2-21-24-22-17-12-10-8-6-4-3-5-7-9-11-14-18-23-19-15-13-16-20-23;1-4-6-8-9-10-11-14-17-21(3)18-15-12-13-16-20-22-19-7-5-2;2*1-2/h15,19-20H,2-14,16-18,21-22H2,1H3;14,17,21H,4-13,15-16,18-20H2,1-3H3;2*1-2H3/b;17-14+;;. The molecule has 1 aliphatic carbocycles. The first-order valence-electron chi connectivity index (χ1n) is 22.9. The number of hydrogen-bond acceptors (Lipinski definition) is 2. The summed E-state index contributed by atoms with van der Waals surface area (Å²) in [5.41, 5.74) is 1.58. The Balaban J connectivity index is -0.000000806. The number of ether oxygens (including phenoxy) is 2. The van der Waals surface area contributed by atoms with Gasteiger partial charge in [0.05, 0.1) is 0 Å². The van der Waals surface area contributed by atoms with E-state index in [0.717, 1.165) is 38.8 Å². The van der Waals surface area contributed by atoms with Gasteiger partial charge in [0.1, 0.15) is 0 Å². The van der Waals surface area contributed by atoms with Gasteiger partial charge in [-0.2, -0.15) is 0 Å². The van der Waals surface area contributed by atoms with Crippen LogP contribution in [0.3, 0.4) is 0 Å². The van der Waals surface area contributed by atoms with Crippen molar-refractivity contribution in [2.45, 2.75) is 242 Å². The van der Waals surface area contributed by atoms with Gasteiger partial charge in [-0.1, -0.05) is 207 Å². The molecule has 0 bridgehead atoms. The van der Waals surface area contributed by atoms with Gasteiger partial charge in [-0.05, 0) is 76.5 Å². The molecule has 0 aromatic carbocycles. The predicted octanol–water partition coefficient (Wildman–Crippen LogP) is 17.1. The van der Waals surface area contributed by atoms with Crippen molar-refractivity contribution in [3.8, 4) is 0 Å². The zero-order chi connectivity index (χ0) is 37.4. The van der Waals surface area contributed by atoms with Gasteiger partial charge in [0, 0.05) is 26.4 Å². The Kier molecular flexibility index (Phi) is 56.2. The van der Waals surface area contributed by atoms with Crippen LogP contribution in [-0.4, -0.2) is 26.4 Å². The maximum absolute atomic E-state index is 5.59. The van der Waals surface area contributed by atoms with Crippen LogP contribution < -0.4 is 0 Å². The van der Waals surface area contributed by atoms with E-state index in [9.17, 15) is 0 Å². The van der Waals surface area contributed by atoms with Crippen molar-refractivity contribution >= 4 is 0 Å². The molecule has 2 nitrogen and oxygen atoms in total. The molecule has 0 saturated heterocycles. The Bertz CT molecular complexity index is 649. The Morgan fingerprint density at radius 2 is 1.00 bits per heavy atom. The molecule has 1 atom stereocenters. The molecule has 0 radical (unpaired) electrons. The summed E-state index contributed by atoms with van der Waals surface area (Å²) in [4.78, 5) is 0. The summed E-state index contributed by atoms with van der Waals surface area (Å²) < 4.78 is 11.1. The van der Waals surface area contributed by atoms with Crippen LogP contribution in [0.4, 0.5) is 0 Å². The Hall–Kier alpha value is -0.860. The first-order chi connectivity index (χ1) is 24.7. The van der Waals surface area contributed by atoms with Crippen molar-refractivity contribution in [2.24, 2.45) is 5.92 Å². The van der Waals surface area contributed by atoms with E-state index in [4.69, 9.17) is 9.47 Å². The van der Waals surface area contributed by atoms with E-state index in [1.54, 1.807) is 5.57 Å². The van der Waals surface area contributed by atoms with E-state index in [-0.39, 0.29) is 0 Å². The van der Waals surface area contributed by atoms with Gasteiger partial charge in [0.2, 0.25) is 0 Å². The predicted molar refractivity (Wildman–Crippen MR) is 231 cm³/mol. The van der Waals surface area contributed by atoms with E-state index in [1.165, 1.54) is 180 Å². The highest BCUT2D eigenvalue weighted by Crippen LogP contribution is 2.18. The lowest BCUT2D eigenvalue weighted by Crippen LogP contribution is -1.96. The van der Waals surface area contributed by atoms with Crippen molar-refractivity contribution in [2.75, 3.05) is 26.4 Å². The number of unbranched alkanes of at least 4 members (excludes halogenated alkanes) is 20. The molecule has 1 aliphatic rings. The summed E-state index contributed by atoms with van der Waals surface area (Å²) in [5.74, 6) is 0.761. The molecule has 0 saturated carbocycles. The van der Waals surface area contributed by atoms with Crippen molar-refractivity contribution in [3.63, 3.8) is 0 Å². The van der Waals surface area contributed by atoms with E-state index in [1.807, 2.05) is 27.7 Å². The monoisotopic (exact) mass is 705 g/mol. The molecule has 0 spiro atoms. The van der Waals surface area contributed by atoms with E-state index < -0.39 is 0 Å². The fourth-order valence-corrected chi connectivity index (χ4v) is 6.06. The molecule has 0 aromatic heterocycles. The maximum Gasteiger partial charge on any atom is 0.0466 e. The van der Waals surface area contributed by atoms with Gasteiger partial charge in [-0.3, -0.25) is 0 Å². The van der Waals surface area contributed by atoms with Crippen molar-refractivity contribution in [1.82, 2.24) is 0 Å². The van der Waals surface area contributed by atoms with Crippen LogP contribution in [-0.2, 0) is 9.47 Å². The zero-order valence-corrected chi connectivity index (χ0v) is 36.1. The van der Waals surface area contributed by atoms with Crippen molar-refractivity contribution in [3.05, 3.63) is 36.0 Å². The van der Waals surface area contributed by atoms with Gasteiger partial charge in [0.15, 0.2) is 0 Å². The minimum atomic E-state index is 0.761. The second kappa shape index (κ2) is 52.5. The Morgan fingerprint density at radius 1 is 0.520 bits per heavy atom. The van der Waals surface area contributed by atoms with Crippen LogP contribution in [0.1, 0.15) is 242 Å². The van der Waals surface area contributed by atoms with Crippen LogP contribution in [0.5, 0.6) is 0 Å². The molecule has 300 valence electrons. The molecule has 1 unspecified atom stereocenters. The molecule has 0 fully saturated rings. The Morgan fingerprint density at radius 3 is 1.54 bits per heavy atom. The second-order valence-electron chi connectivity index (χ2n) is 14.1. The SMILES string of the molecule is CC.CC.CCCCCCC/C=C/C(C)CCCCCCOCCCC.CCCOCCCCCCCCCCCCCCC1=CCCC=C1. The molecule has 0 N–H and O–H groups in total. The van der Waals surface area contributed by atoms with E-state index >= 15 is 0 Å². The van der Waals surface area contributed by atoms with E-state index in [0.29, 0.717) is 0 Å². The fourth-order valence-electron chi connectivity index (χ4n) is 6.06. The molecule has 0 aromatic rings. The normalized spacial score (nSPS) is 12.8. The molecular formula is C48H96O2. The van der Waals surface area contributed by atoms with Crippen LogP contribution in [0.2, 0.25) is 0 Å². The van der Waals surface area contributed by atoms with Crippen molar-refractivity contribution < 1.29 is 9.47 Å². The lowest BCUT2D eigenvalue weighted by atomic mass is 10.00. The summed E-state index contributed by atoms with van der Waals surface area (Å²) >= 11 is 0. The molecule has 50 heavy (non-hydrogen) atoms. The minimum absolute atomic E-state index is 0.761. The van der Waals surface area contributed by atoms with Crippen LogP contribution >= 0.6 is 0 Å². The maximum atomic E-state index is 5.59. The quantitative estimate of drug-likeness (QED) is 0.0490. The molecule has 2 heteroatoms. The minimum Gasteiger partial charge on any atom is -0.381 e. The topological polar surface area (TPSA) is 18.5 Å². The van der Waals surface area contributed by atoms with Gasteiger partial charge in [-0.25, -0.2) is 0 Å². The zero-order valence-electron chi connectivity index (χ0n) is 36.1. The third-order valence-electron chi connectivity index (χ3n) is 9.20. The summed E-state index contributed by atoms with van der Waals surface area (Å²) in [6.07, 6.45) is 51.2. The third kappa shape index (κ3) is 49.3. The van der Waals surface area contributed by atoms with E-state index in [2.05, 4.69) is 58.1 Å². The number of hydrogen-bond donors (Lipinski definition) is 0. The average Bonchev–Trinajstić information content (AvgIpc) is 3.16. The van der Waals surface area contributed by atoms with Crippen molar-refractivity contribution in [1.29, 1.82) is 0 Å². The van der Waals surface area contributed by atoms with Crippen LogP contribution in [0, 0.1) is 5.92 Å². The Labute approximate surface area is 318 Å². The number of allylic oxidation sites excluding steroid dienone is 6. The van der Waals surface area contributed by atoms with Crippen LogP contribution in [0.25, 0.3) is 0 Å². The van der Waals surface area contributed by atoms with Gasteiger partial charge in [-0.15, -0.1) is 0 Å². The largest absolute Gasteiger partial charge is 0.381 e. The number of rotatable bonds is 34. The van der Waals surface area contributed by atoms with Crippen LogP contribution in [0.15, 0.2) is 36.0 Å². The highest BCUT2D eigenvalue weighted by atomic mass is 16.5. The second-order valence-corrected chi connectivity index (χ2v) is 14.1. The van der Waals surface area contributed by atoms with Gasteiger partial charge >= 0.3 is 0 Å². The molecule has 0 heterocycles. The average molecular weight is 705 g/mol. The summed E-state index contributed by atoms with van der Waals surface area (Å²) in [6.45, 7) is 20.9. The molecule has 0 aliphatic heterocycles. The highest BCUT2D eigenvalue weighted by Gasteiger charge is 1.99. The molecule has 0 amide bonds. The molecular weight excluding hydrogens is 609 g/mol. The third-order valence-corrected chi connectivity index (χ3v) is 9.20. The highest BCUT2D eigenvalue weighted by molar-refractivity contribution is 5.21. The van der Waals surface area contributed by atoms with Gasteiger partial charge < -0.3 is 9.47 Å². The lowest BCUT2D eigenvalue weighted by molar-refractivity contribution is 0.127. The summed E-state index contributed by atoms with van der Waals surface area (Å²) in [5, 5.41) is 0. The van der Waals surface area contributed by atoms with Gasteiger partial charge in [0.25, 0.3) is 0 Å². The smallest absolute Gasteiger partial charge is 0.0466 e. The molecule has 1 rings (SSSR count). The first-order valence-corrected chi connectivity index (χ1v) is 22.9. The lowest BCUT2D eigenvalue weighted by Gasteiger charge is -2.06. The summed E-state index contributed by atoms with van der Waals surface area (Å²) in [6, 6.07) is 0. The first kappa shape index (κ1) is 53.5.